The van der Waals surface area contributed by atoms with Gasteiger partial charge in [0.25, 0.3) is 8.18 Å². The molecule has 5 unspecified atom stereocenters. The SMILES string of the molecule is BC1CN(C)CC(CO[PH](=O)N2CC(B)OC(COC)C2)O1. The van der Waals surface area contributed by atoms with Crippen molar-refractivity contribution in [2.24, 2.45) is 0 Å². The fourth-order valence-electron chi connectivity index (χ4n) is 3.10. The lowest BCUT2D eigenvalue weighted by atomic mass is 9.98. The number of hydrogen-bond donors (Lipinski definition) is 0. The van der Waals surface area contributed by atoms with E-state index in [-0.39, 0.29) is 24.2 Å². The summed E-state index contributed by atoms with van der Waals surface area (Å²) in [5, 5.41) is 0. The van der Waals surface area contributed by atoms with Crippen LogP contribution in [0.1, 0.15) is 0 Å². The molecule has 2 saturated heterocycles. The van der Waals surface area contributed by atoms with Gasteiger partial charge in [0.2, 0.25) is 0 Å². The zero-order valence-electron chi connectivity index (χ0n) is 14.0. The Labute approximate surface area is 135 Å². The van der Waals surface area contributed by atoms with Crippen LogP contribution in [0.2, 0.25) is 0 Å². The Morgan fingerprint density at radius 1 is 1.09 bits per heavy atom. The molecular weight excluding hydrogens is 305 g/mol. The van der Waals surface area contributed by atoms with E-state index >= 15 is 0 Å². The number of rotatable bonds is 6. The Kier molecular flexibility index (Phi) is 7.41. The first-order chi connectivity index (χ1) is 10.5. The smallest absolute Gasteiger partial charge is 0.261 e. The van der Waals surface area contributed by atoms with Crippen molar-refractivity contribution in [1.29, 1.82) is 0 Å². The molecule has 126 valence electrons. The summed E-state index contributed by atoms with van der Waals surface area (Å²) >= 11 is 0. The predicted molar refractivity (Wildman–Crippen MR) is 90.3 cm³/mol. The highest BCUT2D eigenvalue weighted by atomic mass is 31.1. The van der Waals surface area contributed by atoms with E-state index in [1.807, 2.05) is 20.4 Å². The maximum Gasteiger partial charge on any atom is 0.261 e. The molecule has 0 aromatic heterocycles. The highest BCUT2D eigenvalue weighted by Crippen LogP contribution is 2.32. The molecule has 0 spiro atoms. The Hall–Kier alpha value is 0.120. The van der Waals surface area contributed by atoms with Crippen molar-refractivity contribution >= 4 is 23.9 Å². The van der Waals surface area contributed by atoms with Gasteiger partial charge in [-0.3, -0.25) is 4.57 Å². The summed E-state index contributed by atoms with van der Waals surface area (Å²) in [6, 6.07) is 0.215. The molecule has 5 atom stereocenters. The summed E-state index contributed by atoms with van der Waals surface area (Å²) < 4.78 is 36.6. The van der Waals surface area contributed by atoms with Gasteiger partial charge >= 0.3 is 0 Å². The third-order valence-electron chi connectivity index (χ3n) is 3.84. The van der Waals surface area contributed by atoms with Crippen LogP contribution in [-0.4, -0.2) is 103 Å². The molecule has 2 heterocycles. The molecule has 0 radical (unpaired) electrons. The molecule has 2 rings (SSSR count). The van der Waals surface area contributed by atoms with Gasteiger partial charge in [0.1, 0.15) is 15.7 Å². The molecule has 0 saturated carbocycles. The first-order valence-electron chi connectivity index (χ1n) is 7.88. The van der Waals surface area contributed by atoms with Gasteiger partial charge in [0.15, 0.2) is 0 Å². The number of likely N-dealkylation sites (N-methyl/N-ethyl adjacent to an activating group) is 1. The molecule has 2 aliphatic rings. The summed E-state index contributed by atoms with van der Waals surface area (Å²) in [5.41, 5.74) is 0. The van der Waals surface area contributed by atoms with E-state index in [9.17, 15) is 4.57 Å². The van der Waals surface area contributed by atoms with E-state index in [1.54, 1.807) is 7.11 Å². The molecule has 0 bridgehead atoms. The number of hydrogen-bond acceptors (Lipinski definition) is 6. The van der Waals surface area contributed by atoms with Crippen LogP contribution in [0.4, 0.5) is 0 Å². The second kappa shape index (κ2) is 8.83. The second-order valence-corrected chi connectivity index (χ2v) is 7.75. The van der Waals surface area contributed by atoms with Gasteiger partial charge in [-0.25, -0.2) is 4.67 Å². The average Bonchev–Trinajstić information content (AvgIpc) is 2.43. The zero-order chi connectivity index (χ0) is 16.1. The van der Waals surface area contributed by atoms with Crippen LogP contribution in [0.25, 0.3) is 0 Å². The summed E-state index contributed by atoms with van der Waals surface area (Å²) in [6.45, 7) is 3.81. The van der Waals surface area contributed by atoms with Gasteiger partial charge in [-0.2, -0.15) is 0 Å². The van der Waals surface area contributed by atoms with Crippen molar-refractivity contribution < 1.29 is 23.3 Å². The Morgan fingerprint density at radius 3 is 2.36 bits per heavy atom. The van der Waals surface area contributed by atoms with E-state index in [0.29, 0.717) is 26.3 Å². The van der Waals surface area contributed by atoms with Crippen LogP contribution >= 0.6 is 8.18 Å². The first kappa shape index (κ1) is 18.5. The Balaban J connectivity index is 1.78. The Bertz CT molecular complexity index is 371. The molecule has 0 aromatic carbocycles. The van der Waals surface area contributed by atoms with Crippen LogP contribution in [0.3, 0.4) is 0 Å². The topological polar surface area (TPSA) is 60.5 Å². The van der Waals surface area contributed by atoms with E-state index in [1.165, 1.54) is 0 Å². The van der Waals surface area contributed by atoms with Crippen molar-refractivity contribution in [3.63, 3.8) is 0 Å². The highest BCUT2D eigenvalue weighted by molar-refractivity contribution is 7.36. The van der Waals surface area contributed by atoms with Crippen LogP contribution in [-0.2, 0) is 23.3 Å². The number of nitrogens with zero attached hydrogens (tertiary/aromatic N) is 2. The zero-order valence-corrected chi connectivity index (χ0v) is 15.0. The van der Waals surface area contributed by atoms with E-state index in [2.05, 4.69) is 11.9 Å². The molecular formula is C12H27B2N2O5P. The van der Waals surface area contributed by atoms with Gasteiger partial charge in [-0.1, -0.05) is 0 Å². The number of ether oxygens (including phenoxy) is 3. The lowest BCUT2D eigenvalue weighted by Gasteiger charge is -2.37. The minimum Gasteiger partial charge on any atom is -0.382 e. The van der Waals surface area contributed by atoms with E-state index in [0.717, 1.165) is 13.1 Å². The second-order valence-electron chi connectivity index (χ2n) is 6.30. The Morgan fingerprint density at radius 2 is 1.73 bits per heavy atom. The molecule has 0 N–H and O–H groups in total. The third kappa shape index (κ3) is 5.64. The lowest BCUT2D eigenvalue weighted by Crippen LogP contribution is -2.48. The third-order valence-corrected chi connectivity index (χ3v) is 5.13. The molecule has 0 aromatic rings. The molecule has 10 heteroatoms. The van der Waals surface area contributed by atoms with Gasteiger partial charge in [-0.05, 0) is 7.05 Å². The minimum atomic E-state index is -2.26. The molecule has 2 fully saturated rings. The van der Waals surface area contributed by atoms with E-state index in [4.69, 9.17) is 18.7 Å². The highest BCUT2D eigenvalue weighted by Gasteiger charge is 2.29. The monoisotopic (exact) mass is 332 g/mol. The average molecular weight is 332 g/mol. The van der Waals surface area contributed by atoms with Gasteiger partial charge in [0, 0.05) is 45.3 Å². The minimum absolute atomic E-state index is 0.0177. The summed E-state index contributed by atoms with van der Waals surface area (Å²) in [7, 11) is 5.47. The van der Waals surface area contributed by atoms with Crippen molar-refractivity contribution in [2.75, 3.05) is 53.6 Å². The summed E-state index contributed by atoms with van der Waals surface area (Å²) in [5.74, 6) is 0. The van der Waals surface area contributed by atoms with Crippen molar-refractivity contribution in [2.45, 2.75) is 24.2 Å². The van der Waals surface area contributed by atoms with Crippen molar-refractivity contribution in [3.05, 3.63) is 0 Å². The largest absolute Gasteiger partial charge is 0.382 e. The number of morpholine rings is 2. The predicted octanol–water partition coefficient (Wildman–Crippen LogP) is -2.01. The maximum atomic E-state index is 12.4. The van der Waals surface area contributed by atoms with Crippen molar-refractivity contribution in [3.8, 4) is 0 Å². The standard InChI is InChI=1S/C12H27B2N2O5P/c1-15-3-9(20-11(13)5-15)8-19-22(17)16-4-10(7-18-2)21-12(14)6-16/h9-12,22H,3-8,13-14H2,1-2H3. The lowest BCUT2D eigenvalue weighted by molar-refractivity contribution is -0.0684. The van der Waals surface area contributed by atoms with Gasteiger partial charge < -0.3 is 23.6 Å². The van der Waals surface area contributed by atoms with Crippen LogP contribution < -0.4 is 0 Å². The molecule has 0 aliphatic carbocycles. The van der Waals surface area contributed by atoms with Crippen LogP contribution in [0.15, 0.2) is 0 Å². The first-order valence-corrected chi connectivity index (χ1v) is 9.14. The van der Waals surface area contributed by atoms with Crippen LogP contribution in [0, 0.1) is 0 Å². The maximum absolute atomic E-state index is 12.4. The molecule has 2 aliphatic heterocycles. The molecule has 22 heavy (non-hydrogen) atoms. The van der Waals surface area contributed by atoms with E-state index < -0.39 is 8.18 Å². The summed E-state index contributed by atoms with van der Waals surface area (Å²) in [4.78, 5) is 2.21. The number of methoxy groups -OCH3 is 1. The fraction of sp³-hybridized carbons (Fsp3) is 1.00. The molecule has 7 nitrogen and oxygen atoms in total. The summed E-state index contributed by atoms with van der Waals surface area (Å²) in [6.07, 6.45) is -0.0701. The fourth-order valence-corrected chi connectivity index (χ4v) is 4.37. The normalized spacial score (nSPS) is 36.3. The molecule has 0 amide bonds. The van der Waals surface area contributed by atoms with Crippen molar-refractivity contribution in [1.82, 2.24) is 9.57 Å². The van der Waals surface area contributed by atoms with Gasteiger partial charge in [0.05, 0.1) is 25.4 Å². The quantitative estimate of drug-likeness (QED) is 0.411. The van der Waals surface area contributed by atoms with Gasteiger partial charge in [-0.15, -0.1) is 0 Å². The van der Waals surface area contributed by atoms with Crippen LogP contribution in [0.5, 0.6) is 0 Å².